The smallest absolute Gasteiger partial charge is 0.239 e. The van der Waals surface area contributed by atoms with Crippen LogP contribution in [0.15, 0.2) is 24.3 Å². The van der Waals surface area contributed by atoms with E-state index < -0.39 is 0 Å². The average Bonchev–Trinajstić information content (AvgIpc) is 2.61. The van der Waals surface area contributed by atoms with E-state index in [-0.39, 0.29) is 17.4 Å². The molecule has 0 saturated carbocycles. The van der Waals surface area contributed by atoms with Crippen LogP contribution in [0.1, 0.15) is 38.3 Å². The summed E-state index contributed by atoms with van der Waals surface area (Å²) in [5.74, 6) is 0.0786. The van der Waals surface area contributed by atoms with E-state index in [0.29, 0.717) is 6.54 Å². The Morgan fingerprint density at radius 2 is 1.89 bits per heavy atom. The zero-order valence-corrected chi connectivity index (χ0v) is 11.4. The minimum atomic E-state index is -0.293. The Labute approximate surface area is 109 Å². The molecule has 2 N–H and O–H groups in total. The normalized spacial score (nSPS) is 20.6. The van der Waals surface area contributed by atoms with Crippen molar-refractivity contribution in [1.82, 2.24) is 4.90 Å². The summed E-state index contributed by atoms with van der Waals surface area (Å²) in [7, 11) is 0. The van der Waals surface area contributed by atoms with Crippen molar-refractivity contribution in [3.05, 3.63) is 35.4 Å². The molecule has 0 aromatic heterocycles. The fraction of sp³-hybridized carbons (Fsp3) is 0.533. The number of rotatable bonds is 2. The molecule has 0 spiro atoms. The number of hydrogen-bond acceptors (Lipinski definition) is 2. The Bertz CT molecular complexity index is 431. The van der Waals surface area contributed by atoms with Crippen LogP contribution in [-0.4, -0.2) is 23.4 Å². The van der Waals surface area contributed by atoms with Gasteiger partial charge in [-0.05, 0) is 23.0 Å². The average molecular weight is 246 g/mol. The molecular weight excluding hydrogens is 224 g/mol. The molecule has 0 aliphatic carbocycles. The van der Waals surface area contributed by atoms with Gasteiger partial charge in [0.25, 0.3) is 0 Å². The van der Waals surface area contributed by atoms with Crippen LogP contribution in [0, 0.1) is 0 Å². The molecule has 1 aliphatic rings. The molecule has 3 heteroatoms. The summed E-state index contributed by atoms with van der Waals surface area (Å²) < 4.78 is 0. The molecular formula is C15H22N2O. The zero-order valence-electron chi connectivity index (χ0n) is 11.4. The lowest BCUT2D eigenvalue weighted by Crippen LogP contribution is -2.33. The third kappa shape index (κ3) is 2.72. The topological polar surface area (TPSA) is 46.3 Å². The maximum absolute atomic E-state index is 11.7. The Balaban J connectivity index is 2.05. The third-order valence-corrected chi connectivity index (χ3v) is 3.53. The van der Waals surface area contributed by atoms with Crippen LogP contribution >= 0.6 is 0 Å². The van der Waals surface area contributed by atoms with E-state index in [1.807, 2.05) is 4.90 Å². The molecule has 98 valence electrons. The number of carbonyl (C=O) groups excluding carboxylic acids is 1. The molecule has 2 rings (SSSR count). The largest absolute Gasteiger partial charge is 0.337 e. The first kappa shape index (κ1) is 13.1. The minimum Gasteiger partial charge on any atom is -0.337 e. The highest BCUT2D eigenvalue weighted by molar-refractivity contribution is 5.83. The van der Waals surface area contributed by atoms with E-state index in [9.17, 15) is 4.79 Å². The van der Waals surface area contributed by atoms with Crippen molar-refractivity contribution in [3.8, 4) is 0 Å². The van der Waals surface area contributed by atoms with E-state index in [2.05, 4.69) is 45.0 Å². The van der Waals surface area contributed by atoms with Gasteiger partial charge in [0.1, 0.15) is 0 Å². The van der Waals surface area contributed by atoms with Crippen molar-refractivity contribution < 1.29 is 4.79 Å². The highest BCUT2D eigenvalue weighted by atomic mass is 16.2. The minimum absolute atomic E-state index is 0.0786. The highest BCUT2D eigenvalue weighted by Gasteiger charge is 2.28. The molecule has 1 aliphatic heterocycles. The van der Waals surface area contributed by atoms with Gasteiger partial charge in [-0.1, -0.05) is 45.0 Å². The third-order valence-electron chi connectivity index (χ3n) is 3.53. The van der Waals surface area contributed by atoms with Gasteiger partial charge in [-0.15, -0.1) is 0 Å². The first-order valence-electron chi connectivity index (χ1n) is 6.52. The van der Waals surface area contributed by atoms with E-state index in [0.717, 1.165) is 13.0 Å². The van der Waals surface area contributed by atoms with Gasteiger partial charge in [-0.25, -0.2) is 0 Å². The van der Waals surface area contributed by atoms with Crippen LogP contribution in [0.2, 0.25) is 0 Å². The fourth-order valence-electron chi connectivity index (χ4n) is 2.25. The Kier molecular flexibility index (Phi) is 3.44. The van der Waals surface area contributed by atoms with Crippen molar-refractivity contribution in [2.45, 2.75) is 45.2 Å². The van der Waals surface area contributed by atoms with E-state index in [1.165, 1.54) is 11.1 Å². The number of nitrogens with zero attached hydrogens (tertiary/aromatic N) is 1. The lowest BCUT2D eigenvalue weighted by atomic mass is 9.87. The molecule has 1 saturated heterocycles. The van der Waals surface area contributed by atoms with Crippen molar-refractivity contribution in [2.75, 3.05) is 6.54 Å². The number of nitrogens with two attached hydrogens (primary N) is 1. The highest BCUT2D eigenvalue weighted by Crippen LogP contribution is 2.23. The van der Waals surface area contributed by atoms with Gasteiger partial charge >= 0.3 is 0 Å². The van der Waals surface area contributed by atoms with Gasteiger partial charge in [-0.2, -0.15) is 0 Å². The predicted octanol–water partition coefficient (Wildman–Crippen LogP) is 2.04. The molecule has 1 fully saturated rings. The number of benzene rings is 1. The summed E-state index contributed by atoms with van der Waals surface area (Å²) in [5.41, 5.74) is 8.37. The standard InChI is InChI=1S/C15H22N2O/c1-15(2,3)12-6-4-11(5-7-12)10-17-9-8-13(16)14(17)18/h4-7,13H,8-10,16H2,1-3H3/t13-/m1/s1. The van der Waals surface area contributed by atoms with Crippen LogP contribution in [0.4, 0.5) is 0 Å². The molecule has 1 heterocycles. The Hall–Kier alpha value is -1.35. The van der Waals surface area contributed by atoms with Crippen LogP contribution in [-0.2, 0) is 16.8 Å². The second-order valence-corrected chi connectivity index (χ2v) is 6.10. The molecule has 0 radical (unpaired) electrons. The Morgan fingerprint density at radius 3 is 2.33 bits per heavy atom. The molecule has 3 nitrogen and oxygen atoms in total. The van der Waals surface area contributed by atoms with Crippen molar-refractivity contribution in [3.63, 3.8) is 0 Å². The van der Waals surface area contributed by atoms with Crippen LogP contribution in [0.3, 0.4) is 0 Å². The zero-order chi connectivity index (χ0) is 13.3. The van der Waals surface area contributed by atoms with Crippen LogP contribution in [0.25, 0.3) is 0 Å². The van der Waals surface area contributed by atoms with Gasteiger partial charge in [0.15, 0.2) is 0 Å². The summed E-state index contributed by atoms with van der Waals surface area (Å²) in [6.07, 6.45) is 0.777. The van der Waals surface area contributed by atoms with E-state index >= 15 is 0 Å². The lowest BCUT2D eigenvalue weighted by molar-refractivity contribution is -0.129. The molecule has 0 bridgehead atoms. The monoisotopic (exact) mass is 246 g/mol. The quantitative estimate of drug-likeness (QED) is 0.868. The summed E-state index contributed by atoms with van der Waals surface area (Å²) in [6.45, 7) is 8.05. The second kappa shape index (κ2) is 4.73. The van der Waals surface area contributed by atoms with E-state index in [1.54, 1.807) is 0 Å². The predicted molar refractivity (Wildman–Crippen MR) is 73.2 cm³/mol. The molecule has 1 amide bonds. The van der Waals surface area contributed by atoms with Crippen LogP contribution in [0.5, 0.6) is 0 Å². The van der Waals surface area contributed by atoms with Crippen molar-refractivity contribution in [2.24, 2.45) is 5.73 Å². The van der Waals surface area contributed by atoms with Crippen molar-refractivity contribution in [1.29, 1.82) is 0 Å². The SMILES string of the molecule is CC(C)(C)c1ccc(CN2CC[C@@H](N)C2=O)cc1. The molecule has 18 heavy (non-hydrogen) atoms. The molecule has 1 aromatic carbocycles. The Morgan fingerprint density at radius 1 is 1.28 bits per heavy atom. The summed E-state index contributed by atoms with van der Waals surface area (Å²) in [6, 6.07) is 8.22. The lowest BCUT2D eigenvalue weighted by Gasteiger charge is -2.20. The van der Waals surface area contributed by atoms with Crippen molar-refractivity contribution >= 4 is 5.91 Å². The van der Waals surface area contributed by atoms with E-state index in [4.69, 9.17) is 5.73 Å². The molecule has 1 aromatic rings. The second-order valence-electron chi connectivity index (χ2n) is 6.10. The number of hydrogen-bond donors (Lipinski definition) is 1. The first-order valence-corrected chi connectivity index (χ1v) is 6.52. The molecule has 1 atom stereocenters. The fourth-order valence-corrected chi connectivity index (χ4v) is 2.25. The van der Waals surface area contributed by atoms with Gasteiger partial charge < -0.3 is 10.6 Å². The number of amides is 1. The maximum Gasteiger partial charge on any atom is 0.239 e. The van der Waals surface area contributed by atoms with Gasteiger partial charge in [0, 0.05) is 13.1 Å². The molecule has 0 unspecified atom stereocenters. The number of carbonyl (C=O) groups is 1. The summed E-state index contributed by atoms with van der Waals surface area (Å²) in [4.78, 5) is 13.6. The summed E-state index contributed by atoms with van der Waals surface area (Å²) >= 11 is 0. The van der Waals surface area contributed by atoms with Crippen LogP contribution < -0.4 is 5.73 Å². The number of likely N-dealkylation sites (tertiary alicyclic amines) is 1. The summed E-state index contributed by atoms with van der Waals surface area (Å²) in [5, 5.41) is 0. The van der Waals surface area contributed by atoms with Gasteiger partial charge in [-0.3, -0.25) is 4.79 Å². The maximum atomic E-state index is 11.7. The van der Waals surface area contributed by atoms with Gasteiger partial charge in [0.05, 0.1) is 6.04 Å². The van der Waals surface area contributed by atoms with Gasteiger partial charge in [0.2, 0.25) is 5.91 Å². The first-order chi connectivity index (χ1) is 8.38.